The normalized spacial score (nSPS) is 13.7. The number of anilines is 2. The third-order valence-corrected chi connectivity index (χ3v) is 6.35. The van der Waals surface area contributed by atoms with Crippen molar-refractivity contribution in [3.63, 3.8) is 0 Å². The van der Waals surface area contributed by atoms with Gasteiger partial charge in [0.05, 0.1) is 22.0 Å². The summed E-state index contributed by atoms with van der Waals surface area (Å²) in [6.45, 7) is 3.62. The van der Waals surface area contributed by atoms with E-state index < -0.39 is 22.8 Å². The molecule has 2 heterocycles. The first-order valence-electron chi connectivity index (χ1n) is 11.8. The second-order valence-electron chi connectivity index (χ2n) is 8.73. The number of non-ortho nitro benzene ring substituents is 1. The number of aryl methyl sites for hydroxylation is 1. The maximum absolute atomic E-state index is 13.6. The van der Waals surface area contributed by atoms with Crippen molar-refractivity contribution >= 4 is 41.0 Å². The molecule has 9 heteroatoms. The highest BCUT2D eigenvalue weighted by atomic mass is 16.6. The number of para-hydroxylation sites is 2. The van der Waals surface area contributed by atoms with E-state index in [0.29, 0.717) is 28.3 Å². The van der Waals surface area contributed by atoms with E-state index >= 15 is 0 Å². The van der Waals surface area contributed by atoms with Crippen LogP contribution in [0.25, 0.3) is 11.8 Å². The largest absolute Gasteiger partial charge is 0.343 e. The molecule has 0 spiro atoms. The van der Waals surface area contributed by atoms with E-state index in [4.69, 9.17) is 0 Å². The summed E-state index contributed by atoms with van der Waals surface area (Å²) in [5.74, 6) is -1.47. The van der Waals surface area contributed by atoms with Gasteiger partial charge in [0.25, 0.3) is 17.5 Å². The van der Waals surface area contributed by atoms with Crippen molar-refractivity contribution in [1.82, 2.24) is 4.57 Å². The molecule has 0 radical (unpaired) electrons. The van der Waals surface area contributed by atoms with Crippen molar-refractivity contribution < 1.29 is 19.3 Å². The van der Waals surface area contributed by atoms with Crippen LogP contribution >= 0.6 is 0 Å². The first-order valence-corrected chi connectivity index (χ1v) is 11.8. The minimum atomic E-state index is -0.767. The number of rotatable bonds is 5. The number of carbonyl (C=O) groups is 3. The summed E-state index contributed by atoms with van der Waals surface area (Å²) in [5, 5.41) is 11.3. The third kappa shape index (κ3) is 4.16. The average Bonchev–Trinajstić information content (AvgIpc) is 3.20. The van der Waals surface area contributed by atoms with Crippen LogP contribution in [0.3, 0.4) is 0 Å². The van der Waals surface area contributed by atoms with Gasteiger partial charge in [-0.05, 0) is 61.9 Å². The summed E-state index contributed by atoms with van der Waals surface area (Å²) < 4.78 is 1.81. The van der Waals surface area contributed by atoms with Crippen molar-refractivity contribution in [2.45, 2.75) is 13.8 Å². The van der Waals surface area contributed by atoms with E-state index in [9.17, 15) is 24.5 Å². The monoisotopic (exact) mass is 506 g/mol. The van der Waals surface area contributed by atoms with Crippen LogP contribution in [0.4, 0.5) is 21.9 Å². The number of nitro groups is 1. The van der Waals surface area contributed by atoms with Gasteiger partial charge < -0.3 is 4.57 Å². The van der Waals surface area contributed by atoms with E-state index in [0.717, 1.165) is 15.5 Å². The van der Waals surface area contributed by atoms with Crippen molar-refractivity contribution in [1.29, 1.82) is 0 Å². The van der Waals surface area contributed by atoms with E-state index in [1.807, 2.05) is 11.5 Å². The van der Waals surface area contributed by atoms with E-state index in [-0.39, 0.29) is 11.3 Å². The van der Waals surface area contributed by atoms with Crippen LogP contribution in [0.5, 0.6) is 0 Å². The number of amides is 4. The number of barbiturate groups is 1. The molecular weight excluding hydrogens is 484 g/mol. The van der Waals surface area contributed by atoms with Crippen molar-refractivity contribution in [2.75, 3.05) is 9.80 Å². The second kappa shape index (κ2) is 9.62. The molecule has 0 bridgehead atoms. The first kappa shape index (κ1) is 24.4. The Hall–Kier alpha value is -5.31. The molecule has 1 aromatic heterocycles. The Balaban J connectivity index is 1.65. The molecule has 9 nitrogen and oxygen atoms in total. The summed E-state index contributed by atoms with van der Waals surface area (Å²) in [4.78, 5) is 53.5. The Morgan fingerprint density at radius 3 is 1.76 bits per heavy atom. The Morgan fingerprint density at radius 1 is 0.711 bits per heavy atom. The fraction of sp³-hybridized carbons (Fsp3) is 0.0690. The van der Waals surface area contributed by atoms with E-state index in [1.54, 1.807) is 85.8 Å². The summed E-state index contributed by atoms with van der Waals surface area (Å²) in [7, 11) is 0. The number of hydrogen-bond acceptors (Lipinski definition) is 5. The van der Waals surface area contributed by atoms with Crippen molar-refractivity contribution in [3.8, 4) is 5.69 Å². The van der Waals surface area contributed by atoms with Crippen LogP contribution in [0.1, 0.15) is 17.0 Å². The Kier molecular flexibility index (Phi) is 6.18. The zero-order chi connectivity index (χ0) is 27.0. The topological polar surface area (TPSA) is 106 Å². The molecule has 5 rings (SSSR count). The number of aromatic nitrogens is 1. The number of imide groups is 2. The smallest absolute Gasteiger partial charge is 0.318 e. The van der Waals surface area contributed by atoms with Gasteiger partial charge in [0.15, 0.2) is 0 Å². The molecular formula is C29H22N4O5. The predicted octanol–water partition coefficient (Wildman–Crippen LogP) is 5.59. The molecule has 4 aromatic rings. The van der Waals surface area contributed by atoms with Crippen molar-refractivity contribution in [3.05, 3.63) is 124 Å². The van der Waals surface area contributed by atoms with Gasteiger partial charge in [-0.1, -0.05) is 42.5 Å². The molecule has 0 saturated carbocycles. The molecule has 1 aliphatic heterocycles. The van der Waals surface area contributed by atoms with Gasteiger partial charge >= 0.3 is 6.03 Å². The Bertz CT molecular complexity index is 1560. The van der Waals surface area contributed by atoms with Crippen LogP contribution in [0.15, 0.2) is 96.6 Å². The first-order chi connectivity index (χ1) is 18.3. The number of hydrogen-bond donors (Lipinski definition) is 0. The average molecular weight is 507 g/mol. The second-order valence-corrected chi connectivity index (χ2v) is 8.73. The summed E-state index contributed by atoms with van der Waals surface area (Å²) in [6, 6.07) is 24.1. The molecule has 0 atom stereocenters. The molecule has 38 heavy (non-hydrogen) atoms. The van der Waals surface area contributed by atoms with Crippen LogP contribution in [0.2, 0.25) is 0 Å². The fourth-order valence-corrected chi connectivity index (χ4v) is 4.57. The quantitative estimate of drug-likeness (QED) is 0.152. The highest BCUT2D eigenvalue weighted by Gasteiger charge is 2.43. The summed E-state index contributed by atoms with van der Waals surface area (Å²) >= 11 is 0. The number of carbonyl (C=O) groups excluding carboxylic acids is 3. The number of urea groups is 1. The van der Waals surface area contributed by atoms with Gasteiger partial charge in [-0.25, -0.2) is 14.6 Å². The third-order valence-electron chi connectivity index (χ3n) is 6.35. The molecule has 0 aliphatic carbocycles. The highest BCUT2D eigenvalue weighted by molar-refractivity contribution is 6.46. The van der Waals surface area contributed by atoms with E-state index in [1.165, 1.54) is 18.2 Å². The van der Waals surface area contributed by atoms with E-state index in [2.05, 4.69) is 0 Å². The molecule has 0 unspecified atom stereocenters. The van der Waals surface area contributed by atoms with Crippen LogP contribution < -0.4 is 9.80 Å². The van der Waals surface area contributed by atoms with Gasteiger partial charge in [-0.3, -0.25) is 19.7 Å². The van der Waals surface area contributed by atoms with Gasteiger partial charge in [-0.15, -0.1) is 0 Å². The fourth-order valence-electron chi connectivity index (χ4n) is 4.57. The molecule has 1 fully saturated rings. The summed E-state index contributed by atoms with van der Waals surface area (Å²) in [6.07, 6.45) is 1.47. The van der Waals surface area contributed by atoms with Gasteiger partial charge in [0.2, 0.25) is 0 Å². The SMILES string of the molecule is Cc1cc(C=C2C(=O)N(c3ccccc3)C(=O)N(c3ccccc3)C2=O)c(C)n1-c1cccc([N+](=O)[O-])c1. The minimum Gasteiger partial charge on any atom is -0.318 e. The molecule has 188 valence electrons. The lowest BCUT2D eigenvalue weighted by Crippen LogP contribution is -2.57. The van der Waals surface area contributed by atoms with Gasteiger partial charge in [0, 0.05) is 23.5 Å². The van der Waals surface area contributed by atoms with Gasteiger partial charge in [0.1, 0.15) is 5.57 Å². The zero-order valence-corrected chi connectivity index (χ0v) is 20.6. The lowest BCUT2D eigenvalue weighted by Gasteiger charge is -2.33. The number of benzene rings is 3. The zero-order valence-electron chi connectivity index (χ0n) is 20.6. The molecule has 3 aromatic carbocycles. The minimum absolute atomic E-state index is 0.0527. The number of nitro benzene ring substituents is 1. The Morgan fingerprint density at radius 2 is 1.24 bits per heavy atom. The summed E-state index contributed by atoms with van der Waals surface area (Å²) in [5.41, 5.74) is 3.01. The van der Waals surface area contributed by atoms with Crippen LogP contribution in [-0.4, -0.2) is 27.3 Å². The lowest BCUT2D eigenvalue weighted by atomic mass is 10.0. The standard InChI is InChI=1S/C29H22N4O5/c1-19-16-21(20(2)30(19)24-14-9-15-25(18-24)33(37)38)17-26-27(34)31(22-10-5-3-6-11-22)29(36)32(28(26)35)23-12-7-4-8-13-23/h3-18H,1-2H3. The van der Waals surface area contributed by atoms with Gasteiger partial charge in [-0.2, -0.15) is 0 Å². The van der Waals surface area contributed by atoms with Crippen molar-refractivity contribution in [2.24, 2.45) is 0 Å². The molecule has 1 saturated heterocycles. The maximum atomic E-state index is 13.6. The predicted molar refractivity (Wildman–Crippen MR) is 143 cm³/mol. The van der Waals surface area contributed by atoms with Crippen LogP contribution in [-0.2, 0) is 9.59 Å². The molecule has 1 aliphatic rings. The maximum Gasteiger partial charge on any atom is 0.343 e. The molecule has 4 amide bonds. The molecule has 0 N–H and O–H groups in total. The lowest BCUT2D eigenvalue weighted by molar-refractivity contribution is -0.384. The van der Waals surface area contributed by atoms with Crippen LogP contribution in [0, 0.1) is 24.0 Å². The Labute approximate surface area is 218 Å². The number of nitrogens with zero attached hydrogens (tertiary/aromatic N) is 4. The highest BCUT2D eigenvalue weighted by Crippen LogP contribution is 2.31.